The lowest BCUT2D eigenvalue weighted by Gasteiger charge is -2.08. The highest BCUT2D eigenvalue weighted by molar-refractivity contribution is 7.90. The Morgan fingerprint density at radius 2 is 1.71 bits per heavy atom. The van der Waals surface area contributed by atoms with Crippen LogP contribution in [0.5, 0.6) is 5.75 Å². The zero-order valence-corrected chi connectivity index (χ0v) is 14.1. The second kappa shape index (κ2) is 8.12. The highest BCUT2D eigenvalue weighted by Crippen LogP contribution is 2.15. The molecule has 0 aliphatic heterocycles. The minimum absolute atomic E-state index is 0.0198. The molecule has 2 aromatic carbocycles. The van der Waals surface area contributed by atoms with E-state index in [1.165, 1.54) is 0 Å². The summed E-state index contributed by atoms with van der Waals surface area (Å²) in [7, 11) is -3.99. The molecule has 2 aromatic rings. The van der Waals surface area contributed by atoms with Crippen molar-refractivity contribution in [2.75, 3.05) is 6.61 Å². The van der Waals surface area contributed by atoms with Crippen LogP contribution in [-0.4, -0.2) is 20.9 Å². The Kier molecular flexibility index (Phi) is 6.16. The number of hydrogen-bond acceptors (Lipinski definition) is 4. The van der Waals surface area contributed by atoms with E-state index in [-0.39, 0.29) is 17.9 Å². The first kappa shape index (κ1) is 18.2. The maximum absolute atomic E-state index is 12.8. The maximum atomic E-state index is 12.8. The van der Waals surface area contributed by atoms with Crippen LogP contribution in [-0.2, 0) is 14.8 Å². The number of sulfonamides is 1. The van der Waals surface area contributed by atoms with E-state index in [9.17, 15) is 17.6 Å². The van der Waals surface area contributed by atoms with Gasteiger partial charge >= 0.3 is 0 Å². The van der Waals surface area contributed by atoms with Crippen LogP contribution < -0.4 is 9.46 Å². The molecule has 128 valence electrons. The Bertz CT molecular complexity index is 792. The van der Waals surface area contributed by atoms with Gasteiger partial charge in [0.15, 0.2) is 0 Å². The second-order valence-electron chi connectivity index (χ2n) is 4.89. The van der Waals surface area contributed by atoms with Crippen molar-refractivity contribution in [2.45, 2.75) is 17.7 Å². The molecule has 0 radical (unpaired) electrons. The molecule has 0 bridgehead atoms. The van der Waals surface area contributed by atoms with Crippen molar-refractivity contribution in [3.63, 3.8) is 0 Å². The molecule has 0 saturated heterocycles. The van der Waals surface area contributed by atoms with E-state index < -0.39 is 21.7 Å². The molecule has 0 unspecified atom stereocenters. The first-order valence-corrected chi connectivity index (χ1v) is 8.92. The lowest BCUT2D eigenvalue weighted by Crippen LogP contribution is -2.30. The number of halogens is 2. The van der Waals surface area contributed by atoms with E-state index in [4.69, 9.17) is 16.3 Å². The third-order valence-corrected chi connectivity index (χ3v) is 4.64. The Morgan fingerprint density at radius 3 is 2.33 bits per heavy atom. The third-order valence-electron chi connectivity index (χ3n) is 3.00. The quantitative estimate of drug-likeness (QED) is 0.759. The highest BCUT2D eigenvalue weighted by atomic mass is 35.5. The monoisotopic (exact) mass is 371 g/mol. The Hall–Kier alpha value is -2.12. The van der Waals surface area contributed by atoms with E-state index in [0.717, 1.165) is 24.3 Å². The van der Waals surface area contributed by atoms with Gasteiger partial charge in [-0.25, -0.2) is 17.5 Å². The standard InChI is InChI=1S/C16H15ClFNO4S/c17-12-3-7-14(8-4-12)23-11-1-2-16(20)19-24(21,22)15-9-5-13(18)6-10-15/h3-10H,1-2,11H2,(H,19,20). The Labute approximate surface area is 144 Å². The normalized spacial score (nSPS) is 11.1. The summed E-state index contributed by atoms with van der Waals surface area (Å²) < 4.78 is 44.0. The lowest BCUT2D eigenvalue weighted by atomic mass is 10.3. The number of amides is 1. The first-order valence-electron chi connectivity index (χ1n) is 7.06. The number of ether oxygens (including phenoxy) is 1. The van der Waals surface area contributed by atoms with Crippen LogP contribution >= 0.6 is 11.6 Å². The molecule has 0 spiro atoms. The van der Waals surface area contributed by atoms with E-state index in [1.54, 1.807) is 24.3 Å². The summed E-state index contributed by atoms with van der Waals surface area (Å²) in [4.78, 5) is 11.5. The lowest BCUT2D eigenvalue weighted by molar-refractivity contribution is -0.119. The molecule has 1 amide bonds. The zero-order valence-electron chi connectivity index (χ0n) is 12.5. The van der Waals surface area contributed by atoms with Crippen LogP contribution in [0.15, 0.2) is 53.4 Å². The van der Waals surface area contributed by atoms with E-state index in [0.29, 0.717) is 17.2 Å². The molecular formula is C16H15ClFNO4S. The molecule has 1 N–H and O–H groups in total. The van der Waals surface area contributed by atoms with Gasteiger partial charge in [0.2, 0.25) is 5.91 Å². The smallest absolute Gasteiger partial charge is 0.264 e. The minimum Gasteiger partial charge on any atom is -0.494 e. The summed E-state index contributed by atoms with van der Waals surface area (Å²) in [5.74, 6) is -0.600. The van der Waals surface area contributed by atoms with Crippen molar-refractivity contribution in [2.24, 2.45) is 0 Å². The molecular weight excluding hydrogens is 357 g/mol. The summed E-state index contributed by atoms with van der Waals surface area (Å²) in [6.45, 7) is 0.256. The SMILES string of the molecule is O=C(CCCOc1ccc(Cl)cc1)NS(=O)(=O)c1ccc(F)cc1. The summed E-state index contributed by atoms with van der Waals surface area (Å²) in [6.07, 6.45) is 0.321. The topological polar surface area (TPSA) is 72.5 Å². The molecule has 0 aromatic heterocycles. The van der Waals surface area contributed by atoms with Gasteiger partial charge in [-0.05, 0) is 55.0 Å². The molecule has 0 aliphatic carbocycles. The van der Waals surface area contributed by atoms with Crippen LogP contribution in [0.1, 0.15) is 12.8 Å². The number of hydrogen-bond donors (Lipinski definition) is 1. The van der Waals surface area contributed by atoms with Gasteiger partial charge in [-0.15, -0.1) is 0 Å². The average Bonchev–Trinajstić information content (AvgIpc) is 2.53. The van der Waals surface area contributed by atoms with Gasteiger partial charge in [0.25, 0.3) is 10.0 Å². The fraction of sp³-hybridized carbons (Fsp3) is 0.188. The summed E-state index contributed by atoms with van der Waals surface area (Å²) in [6, 6.07) is 11.0. The van der Waals surface area contributed by atoms with Crippen LogP contribution in [0.25, 0.3) is 0 Å². The molecule has 0 atom stereocenters. The van der Waals surface area contributed by atoms with E-state index in [2.05, 4.69) is 0 Å². The summed E-state index contributed by atoms with van der Waals surface area (Å²) >= 11 is 5.75. The van der Waals surface area contributed by atoms with Crippen LogP contribution in [0.2, 0.25) is 5.02 Å². The van der Waals surface area contributed by atoms with Crippen molar-refractivity contribution < 1.29 is 22.3 Å². The number of rotatable bonds is 7. The van der Waals surface area contributed by atoms with E-state index in [1.807, 2.05) is 4.72 Å². The van der Waals surface area contributed by atoms with Crippen molar-refractivity contribution in [3.8, 4) is 5.75 Å². The van der Waals surface area contributed by atoms with Gasteiger partial charge in [0.1, 0.15) is 11.6 Å². The molecule has 0 saturated carbocycles. The predicted molar refractivity (Wildman–Crippen MR) is 87.9 cm³/mol. The number of carbonyl (C=O) groups excluding carboxylic acids is 1. The fourth-order valence-electron chi connectivity index (χ4n) is 1.83. The van der Waals surface area contributed by atoms with Crippen molar-refractivity contribution in [1.82, 2.24) is 4.72 Å². The molecule has 0 fully saturated rings. The highest BCUT2D eigenvalue weighted by Gasteiger charge is 2.17. The largest absolute Gasteiger partial charge is 0.494 e. The molecule has 8 heteroatoms. The van der Waals surface area contributed by atoms with Crippen molar-refractivity contribution in [1.29, 1.82) is 0 Å². The van der Waals surface area contributed by atoms with Crippen LogP contribution in [0.3, 0.4) is 0 Å². The van der Waals surface area contributed by atoms with Gasteiger partial charge in [-0.3, -0.25) is 4.79 Å². The number of benzene rings is 2. The predicted octanol–water partition coefficient (Wildman–Crippen LogP) is 3.14. The second-order valence-corrected chi connectivity index (χ2v) is 7.01. The Morgan fingerprint density at radius 1 is 1.08 bits per heavy atom. The number of nitrogens with one attached hydrogen (secondary N) is 1. The molecule has 2 rings (SSSR count). The fourth-order valence-corrected chi connectivity index (χ4v) is 2.97. The zero-order chi connectivity index (χ0) is 17.6. The number of carbonyl (C=O) groups is 1. The molecule has 0 heterocycles. The maximum Gasteiger partial charge on any atom is 0.264 e. The molecule has 0 aliphatic rings. The third kappa shape index (κ3) is 5.50. The molecule has 5 nitrogen and oxygen atoms in total. The van der Waals surface area contributed by atoms with Gasteiger partial charge in [0, 0.05) is 11.4 Å². The van der Waals surface area contributed by atoms with Crippen LogP contribution in [0, 0.1) is 5.82 Å². The average molecular weight is 372 g/mol. The van der Waals surface area contributed by atoms with Crippen molar-refractivity contribution in [3.05, 3.63) is 59.4 Å². The van der Waals surface area contributed by atoms with Gasteiger partial charge in [-0.2, -0.15) is 0 Å². The van der Waals surface area contributed by atoms with Gasteiger partial charge in [0.05, 0.1) is 11.5 Å². The summed E-state index contributed by atoms with van der Waals surface area (Å²) in [5.41, 5.74) is 0. The minimum atomic E-state index is -3.99. The van der Waals surface area contributed by atoms with Crippen molar-refractivity contribution >= 4 is 27.5 Å². The van der Waals surface area contributed by atoms with Gasteiger partial charge in [-0.1, -0.05) is 11.6 Å². The molecule has 24 heavy (non-hydrogen) atoms. The van der Waals surface area contributed by atoms with E-state index >= 15 is 0 Å². The summed E-state index contributed by atoms with van der Waals surface area (Å²) in [5, 5.41) is 0.590. The Balaban J connectivity index is 1.78. The van der Waals surface area contributed by atoms with Gasteiger partial charge < -0.3 is 4.74 Å². The van der Waals surface area contributed by atoms with Crippen LogP contribution in [0.4, 0.5) is 4.39 Å². The first-order chi connectivity index (χ1) is 11.4.